The summed E-state index contributed by atoms with van der Waals surface area (Å²) in [6.07, 6.45) is 0.781. The molecule has 5 heteroatoms. The van der Waals surface area contributed by atoms with E-state index in [0.29, 0.717) is 5.56 Å². The van der Waals surface area contributed by atoms with Crippen molar-refractivity contribution in [3.63, 3.8) is 0 Å². The number of hydrogen-bond acceptors (Lipinski definition) is 3. The number of halogens is 1. The summed E-state index contributed by atoms with van der Waals surface area (Å²) in [7, 11) is 1.65. The normalized spacial score (nSPS) is 11.9. The summed E-state index contributed by atoms with van der Waals surface area (Å²) in [6, 6.07) is 22.0. The molecule has 0 radical (unpaired) electrons. The Bertz CT molecular complexity index is 1320. The van der Waals surface area contributed by atoms with Gasteiger partial charge in [0, 0.05) is 35.3 Å². The molecule has 1 aromatic heterocycles. The average Bonchev–Trinajstić information content (AvgIpc) is 3.11. The highest BCUT2D eigenvalue weighted by atomic mass is 19.1. The molecule has 35 heavy (non-hydrogen) atoms. The predicted octanol–water partition coefficient (Wildman–Crippen LogP) is 6.63. The first-order chi connectivity index (χ1) is 16.7. The van der Waals surface area contributed by atoms with Crippen molar-refractivity contribution in [2.75, 3.05) is 13.7 Å². The summed E-state index contributed by atoms with van der Waals surface area (Å²) >= 11 is 0. The third-order valence-electron chi connectivity index (χ3n) is 6.63. The van der Waals surface area contributed by atoms with E-state index in [9.17, 15) is 9.18 Å². The fraction of sp³-hybridized carbons (Fsp3) is 0.300. The van der Waals surface area contributed by atoms with Crippen LogP contribution in [0.15, 0.2) is 72.8 Å². The molecule has 0 N–H and O–H groups in total. The lowest BCUT2D eigenvalue weighted by molar-refractivity contribution is 0.0962. The fourth-order valence-electron chi connectivity index (χ4n) is 4.59. The lowest BCUT2D eigenvalue weighted by Gasteiger charge is -2.36. The van der Waals surface area contributed by atoms with E-state index >= 15 is 0 Å². The Morgan fingerprint density at radius 1 is 1.00 bits per heavy atom. The van der Waals surface area contributed by atoms with Crippen LogP contribution in [0.25, 0.3) is 10.9 Å². The van der Waals surface area contributed by atoms with Gasteiger partial charge in [-0.05, 0) is 87.7 Å². The van der Waals surface area contributed by atoms with Crippen molar-refractivity contribution in [1.29, 1.82) is 0 Å². The van der Waals surface area contributed by atoms with Crippen LogP contribution in [0.3, 0.4) is 0 Å². The van der Waals surface area contributed by atoms with Gasteiger partial charge in [-0.25, -0.2) is 4.39 Å². The molecule has 182 valence electrons. The third-order valence-corrected chi connectivity index (χ3v) is 6.63. The van der Waals surface area contributed by atoms with Crippen LogP contribution in [0.4, 0.5) is 4.39 Å². The van der Waals surface area contributed by atoms with Crippen LogP contribution in [0.1, 0.15) is 48.0 Å². The number of carbonyl (C=O) groups is 1. The first-order valence-electron chi connectivity index (χ1n) is 12.0. The number of benzene rings is 3. The standard InChI is InChI=1S/C30H33FN2O2/c1-21-26(17-18-32(30(2,3)4)20-22-9-7-6-8-10-22)27-19-25(35-5)15-16-28(27)33(21)29(34)23-11-13-24(31)14-12-23/h6-16,19H,17-18,20H2,1-5H3. The Balaban J connectivity index is 1.72. The molecule has 1 heterocycles. The number of ether oxygens (including phenoxy) is 1. The highest BCUT2D eigenvalue weighted by Gasteiger charge is 2.24. The van der Waals surface area contributed by atoms with Crippen molar-refractivity contribution in [2.24, 2.45) is 0 Å². The Labute approximate surface area is 206 Å². The number of nitrogens with zero attached hydrogens (tertiary/aromatic N) is 2. The van der Waals surface area contributed by atoms with Crippen molar-refractivity contribution in [1.82, 2.24) is 9.47 Å². The number of hydrogen-bond donors (Lipinski definition) is 0. The summed E-state index contributed by atoms with van der Waals surface area (Å²) in [5.74, 6) is 0.227. The van der Waals surface area contributed by atoms with E-state index in [0.717, 1.165) is 47.4 Å². The highest BCUT2D eigenvalue weighted by molar-refractivity contribution is 6.04. The molecule has 0 bridgehead atoms. The second kappa shape index (κ2) is 10.0. The number of aromatic nitrogens is 1. The van der Waals surface area contributed by atoms with Gasteiger partial charge in [-0.3, -0.25) is 14.3 Å². The fourth-order valence-corrected chi connectivity index (χ4v) is 4.59. The van der Waals surface area contributed by atoms with Crippen LogP contribution < -0.4 is 4.74 Å². The van der Waals surface area contributed by atoms with Gasteiger partial charge in [-0.1, -0.05) is 30.3 Å². The van der Waals surface area contributed by atoms with Crippen LogP contribution in [0.5, 0.6) is 5.75 Å². The molecule has 0 amide bonds. The molecule has 0 saturated heterocycles. The molecule has 0 saturated carbocycles. The van der Waals surface area contributed by atoms with E-state index < -0.39 is 0 Å². The van der Waals surface area contributed by atoms with Gasteiger partial charge in [0.1, 0.15) is 11.6 Å². The SMILES string of the molecule is COc1ccc2c(c1)c(CCN(Cc1ccccc1)C(C)(C)C)c(C)n2C(=O)c1ccc(F)cc1. The lowest BCUT2D eigenvalue weighted by Crippen LogP contribution is -2.42. The number of rotatable bonds is 7. The molecule has 3 aromatic carbocycles. The van der Waals surface area contributed by atoms with Crippen molar-refractivity contribution in [3.05, 3.63) is 101 Å². The quantitative estimate of drug-likeness (QED) is 0.303. The van der Waals surface area contributed by atoms with Crippen LogP contribution in [-0.4, -0.2) is 34.6 Å². The van der Waals surface area contributed by atoms with Gasteiger partial charge >= 0.3 is 0 Å². The molecule has 0 aliphatic carbocycles. The van der Waals surface area contributed by atoms with Gasteiger partial charge in [0.2, 0.25) is 0 Å². The van der Waals surface area contributed by atoms with Crippen molar-refractivity contribution < 1.29 is 13.9 Å². The van der Waals surface area contributed by atoms with Crippen LogP contribution >= 0.6 is 0 Å². The first-order valence-corrected chi connectivity index (χ1v) is 12.0. The summed E-state index contributed by atoms with van der Waals surface area (Å²) in [6.45, 7) is 10.4. The van der Waals surface area contributed by atoms with Gasteiger partial charge < -0.3 is 4.74 Å². The Kier molecular flexibility index (Phi) is 7.08. The monoisotopic (exact) mass is 472 g/mol. The minimum atomic E-state index is -0.359. The molecule has 4 nitrogen and oxygen atoms in total. The topological polar surface area (TPSA) is 34.5 Å². The van der Waals surface area contributed by atoms with E-state index in [2.05, 4.69) is 49.9 Å². The van der Waals surface area contributed by atoms with Crippen LogP contribution in [0, 0.1) is 12.7 Å². The van der Waals surface area contributed by atoms with E-state index in [1.807, 2.05) is 31.2 Å². The maximum absolute atomic E-state index is 13.5. The molecule has 4 aromatic rings. The van der Waals surface area contributed by atoms with Gasteiger partial charge in [-0.15, -0.1) is 0 Å². The maximum Gasteiger partial charge on any atom is 0.262 e. The van der Waals surface area contributed by atoms with Gasteiger partial charge in [0.15, 0.2) is 0 Å². The lowest BCUT2D eigenvalue weighted by atomic mass is 10.0. The summed E-state index contributed by atoms with van der Waals surface area (Å²) in [4.78, 5) is 16.0. The number of methoxy groups -OCH3 is 1. The molecular formula is C30H33FN2O2. The van der Waals surface area contributed by atoms with Crippen LogP contribution in [0.2, 0.25) is 0 Å². The smallest absolute Gasteiger partial charge is 0.262 e. The number of fused-ring (bicyclic) bond motifs is 1. The molecular weight excluding hydrogens is 439 g/mol. The molecule has 0 fully saturated rings. The zero-order chi connectivity index (χ0) is 25.2. The molecule has 0 aliphatic heterocycles. The van der Waals surface area contributed by atoms with E-state index in [4.69, 9.17) is 4.74 Å². The van der Waals surface area contributed by atoms with Crippen LogP contribution in [-0.2, 0) is 13.0 Å². The Morgan fingerprint density at radius 2 is 1.69 bits per heavy atom. The Hall–Kier alpha value is -3.44. The maximum atomic E-state index is 13.5. The largest absolute Gasteiger partial charge is 0.497 e. The first kappa shape index (κ1) is 24.7. The molecule has 0 unspecified atom stereocenters. The third kappa shape index (κ3) is 5.30. The molecule has 0 aliphatic rings. The summed E-state index contributed by atoms with van der Waals surface area (Å²) in [5, 5.41) is 1.01. The summed E-state index contributed by atoms with van der Waals surface area (Å²) in [5.41, 5.74) is 4.55. The Morgan fingerprint density at radius 3 is 2.31 bits per heavy atom. The van der Waals surface area contributed by atoms with E-state index in [1.165, 1.54) is 29.8 Å². The van der Waals surface area contributed by atoms with E-state index in [-0.39, 0.29) is 17.3 Å². The minimum Gasteiger partial charge on any atom is -0.497 e. The van der Waals surface area contributed by atoms with E-state index in [1.54, 1.807) is 11.7 Å². The second-order valence-electron chi connectivity index (χ2n) is 9.92. The predicted molar refractivity (Wildman–Crippen MR) is 140 cm³/mol. The number of carbonyl (C=O) groups excluding carboxylic acids is 1. The zero-order valence-corrected chi connectivity index (χ0v) is 21.1. The van der Waals surface area contributed by atoms with Gasteiger partial charge in [0.25, 0.3) is 5.91 Å². The highest BCUT2D eigenvalue weighted by Crippen LogP contribution is 2.31. The second-order valence-corrected chi connectivity index (χ2v) is 9.92. The van der Waals surface area contributed by atoms with Crippen molar-refractivity contribution in [3.8, 4) is 5.75 Å². The molecule has 0 spiro atoms. The summed E-state index contributed by atoms with van der Waals surface area (Å²) < 4.78 is 20.7. The van der Waals surface area contributed by atoms with Gasteiger partial charge in [-0.2, -0.15) is 0 Å². The minimum absolute atomic E-state index is 0.0241. The van der Waals surface area contributed by atoms with Crippen molar-refractivity contribution in [2.45, 2.75) is 46.2 Å². The average molecular weight is 473 g/mol. The zero-order valence-electron chi connectivity index (χ0n) is 21.1. The molecule has 0 atom stereocenters. The molecule has 4 rings (SSSR count). The van der Waals surface area contributed by atoms with Crippen molar-refractivity contribution >= 4 is 16.8 Å². The van der Waals surface area contributed by atoms with Gasteiger partial charge in [0.05, 0.1) is 12.6 Å².